The molecule has 0 saturated carbocycles. The van der Waals surface area contributed by atoms with E-state index in [9.17, 15) is 18.4 Å². The van der Waals surface area contributed by atoms with E-state index in [1.165, 1.54) is 0 Å². The molecule has 1 aliphatic rings. The Morgan fingerprint density at radius 1 is 1.38 bits per heavy atom. The van der Waals surface area contributed by atoms with Crippen molar-refractivity contribution in [2.24, 2.45) is 5.92 Å². The molecule has 1 fully saturated rings. The van der Waals surface area contributed by atoms with Crippen molar-refractivity contribution < 1.29 is 13.2 Å². The van der Waals surface area contributed by atoms with Crippen molar-refractivity contribution in [3.63, 3.8) is 0 Å². The van der Waals surface area contributed by atoms with Crippen LogP contribution >= 0.6 is 0 Å². The molecule has 0 bridgehead atoms. The molecule has 2 atom stereocenters. The summed E-state index contributed by atoms with van der Waals surface area (Å²) in [5, 5.41) is 12.5. The SMILES string of the molecule is CC(C)NC(C)(C#N)CCCN1CCCC(C(F)(F)F)C1. The van der Waals surface area contributed by atoms with Gasteiger partial charge in [0.05, 0.1) is 12.0 Å². The molecule has 0 amide bonds. The van der Waals surface area contributed by atoms with Gasteiger partial charge in [0.2, 0.25) is 0 Å². The lowest BCUT2D eigenvalue weighted by Crippen LogP contribution is -2.46. The number of alkyl halides is 3. The van der Waals surface area contributed by atoms with Crippen molar-refractivity contribution in [1.82, 2.24) is 10.2 Å². The molecule has 21 heavy (non-hydrogen) atoms. The van der Waals surface area contributed by atoms with Crippen LogP contribution in [0, 0.1) is 17.2 Å². The molecule has 6 heteroatoms. The normalized spacial score (nSPS) is 23.8. The summed E-state index contributed by atoms with van der Waals surface area (Å²) in [5.74, 6) is -1.19. The van der Waals surface area contributed by atoms with E-state index in [0.717, 1.165) is 13.0 Å². The predicted octanol–water partition coefficient (Wildman–Crippen LogP) is 3.32. The average Bonchev–Trinajstić information content (AvgIpc) is 2.37. The number of nitrogens with one attached hydrogen (secondary N) is 1. The molecule has 1 aliphatic heterocycles. The molecule has 122 valence electrons. The van der Waals surface area contributed by atoms with Crippen LogP contribution in [0.25, 0.3) is 0 Å². The molecule has 0 aromatic heterocycles. The summed E-state index contributed by atoms with van der Waals surface area (Å²) in [6, 6.07) is 2.48. The van der Waals surface area contributed by atoms with Crippen LogP contribution in [0.3, 0.4) is 0 Å². The summed E-state index contributed by atoms with van der Waals surface area (Å²) in [6.45, 7) is 7.27. The second-order valence-electron chi connectivity index (χ2n) is 6.53. The predicted molar refractivity (Wildman–Crippen MR) is 76.7 cm³/mol. The molecular formula is C15H26F3N3. The molecule has 0 aliphatic carbocycles. The Kier molecular flexibility index (Phi) is 6.48. The first-order valence-electron chi connectivity index (χ1n) is 7.64. The third-order valence-corrected chi connectivity index (χ3v) is 3.97. The summed E-state index contributed by atoms with van der Waals surface area (Å²) in [4.78, 5) is 1.88. The van der Waals surface area contributed by atoms with Crippen molar-refractivity contribution in [2.45, 2.75) is 64.2 Å². The topological polar surface area (TPSA) is 39.1 Å². The Labute approximate surface area is 125 Å². The zero-order valence-electron chi connectivity index (χ0n) is 13.1. The summed E-state index contributed by atoms with van der Waals surface area (Å²) >= 11 is 0. The molecule has 0 radical (unpaired) electrons. The van der Waals surface area contributed by atoms with E-state index in [2.05, 4.69) is 11.4 Å². The van der Waals surface area contributed by atoms with Crippen LogP contribution in [0.4, 0.5) is 13.2 Å². The Bertz CT molecular complexity index is 362. The van der Waals surface area contributed by atoms with Gasteiger partial charge in [0, 0.05) is 12.6 Å². The van der Waals surface area contributed by atoms with Crippen molar-refractivity contribution in [3.05, 3.63) is 0 Å². The van der Waals surface area contributed by atoms with Crippen LogP contribution in [0.5, 0.6) is 0 Å². The van der Waals surface area contributed by atoms with Gasteiger partial charge in [-0.1, -0.05) is 0 Å². The number of hydrogen-bond donors (Lipinski definition) is 1. The van der Waals surface area contributed by atoms with Crippen LogP contribution in [0.2, 0.25) is 0 Å². The molecule has 1 saturated heterocycles. The Balaban J connectivity index is 2.40. The Hall–Kier alpha value is -0.800. The lowest BCUT2D eigenvalue weighted by Gasteiger charge is -2.34. The lowest BCUT2D eigenvalue weighted by molar-refractivity contribution is -0.186. The molecule has 1 rings (SSSR count). The number of piperidine rings is 1. The van der Waals surface area contributed by atoms with Crippen LogP contribution in [-0.4, -0.2) is 42.3 Å². The lowest BCUT2D eigenvalue weighted by atomic mass is 9.94. The van der Waals surface area contributed by atoms with E-state index in [1.54, 1.807) is 0 Å². The molecule has 1 N–H and O–H groups in total. The van der Waals surface area contributed by atoms with Gasteiger partial charge in [-0.15, -0.1) is 0 Å². The minimum absolute atomic E-state index is 0.102. The van der Waals surface area contributed by atoms with E-state index in [-0.39, 0.29) is 19.0 Å². The number of halogens is 3. The maximum absolute atomic E-state index is 12.7. The monoisotopic (exact) mass is 305 g/mol. The van der Waals surface area contributed by atoms with Crippen molar-refractivity contribution in [2.75, 3.05) is 19.6 Å². The minimum atomic E-state index is -4.08. The maximum atomic E-state index is 12.7. The van der Waals surface area contributed by atoms with Crippen LogP contribution in [0.15, 0.2) is 0 Å². The van der Waals surface area contributed by atoms with Gasteiger partial charge in [0.1, 0.15) is 5.54 Å². The summed E-state index contributed by atoms with van der Waals surface area (Å²) in [5.41, 5.74) is -0.604. The smallest absolute Gasteiger partial charge is 0.303 e. The van der Waals surface area contributed by atoms with Gasteiger partial charge < -0.3 is 4.90 Å². The first kappa shape index (κ1) is 18.2. The molecule has 1 heterocycles. The van der Waals surface area contributed by atoms with Crippen LogP contribution < -0.4 is 5.32 Å². The van der Waals surface area contributed by atoms with Gasteiger partial charge in [0.25, 0.3) is 0 Å². The summed E-state index contributed by atoms with van der Waals surface area (Å²) in [7, 11) is 0. The second kappa shape index (κ2) is 7.46. The van der Waals surface area contributed by atoms with E-state index in [0.29, 0.717) is 19.4 Å². The largest absolute Gasteiger partial charge is 0.393 e. The molecule has 0 spiro atoms. The van der Waals surface area contributed by atoms with Gasteiger partial charge in [-0.3, -0.25) is 5.32 Å². The molecule has 2 unspecified atom stereocenters. The number of likely N-dealkylation sites (tertiary alicyclic amines) is 1. The Morgan fingerprint density at radius 3 is 2.57 bits per heavy atom. The number of nitrogens with zero attached hydrogens (tertiary/aromatic N) is 2. The number of nitriles is 1. The van der Waals surface area contributed by atoms with E-state index in [4.69, 9.17) is 0 Å². The first-order valence-corrected chi connectivity index (χ1v) is 7.64. The highest BCUT2D eigenvalue weighted by molar-refractivity contribution is 5.04. The highest BCUT2D eigenvalue weighted by Gasteiger charge is 2.41. The van der Waals surface area contributed by atoms with Crippen molar-refractivity contribution in [1.29, 1.82) is 5.26 Å². The molecule has 0 aromatic rings. The Morgan fingerprint density at radius 2 is 2.05 bits per heavy atom. The minimum Gasteiger partial charge on any atom is -0.303 e. The second-order valence-corrected chi connectivity index (χ2v) is 6.53. The van der Waals surface area contributed by atoms with Gasteiger partial charge in [-0.25, -0.2) is 0 Å². The molecular weight excluding hydrogens is 279 g/mol. The number of hydrogen-bond acceptors (Lipinski definition) is 3. The zero-order chi connectivity index (χ0) is 16.1. The standard InChI is InChI=1S/C15H26F3N3/c1-12(2)20-14(3,11-19)7-5-9-21-8-4-6-13(10-21)15(16,17)18/h12-13,20H,4-10H2,1-3H3. The number of rotatable bonds is 6. The quantitative estimate of drug-likeness (QED) is 0.818. The van der Waals surface area contributed by atoms with Gasteiger partial charge in [-0.2, -0.15) is 18.4 Å². The van der Waals surface area contributed by atoms with Gasteiger partial charge >= 0.3 is 6.18 Å². The van der Waals surface area contributed by atoms with Crippen LogP contribution in [0.1, 0.15) is 46.5 Å². The van der Waals surface area contributed by atoms with Crippen molar-refractivity contribution >= 4 is 0 Å². The van der Waals surface area contributed by atoms with E-state index >= 15 is 0 Å². The highest BCUT2D eigenvalue weighted by Crippen LogP contribution is 2.33. The zero-order valence-corrected chi connectivity index (χ0v) is 13.1. The third kappa shape index (κ3) is 6.23. The fraction of sp³-hybridized carbons (Fsp3) is 0.933. The highest BCUT2D eigenvalue weighted by atomic mass is 19.4. The third-order valence-electron chi connectivity index (χ3n) is 3.97. The van der Waals surface area contributed by atoms with Crippen molar-refractivity contribution in [3.8, 4) is 6.07 Å². The first-order chi connectivity index (χ1) is 9.66. The van der Waals surface area contributed by atoms with Gasteiger partial charge in [-0.05, 0) is 59.5 Å². The van der Waals surface area contributed by atoms with Gasteiger partial charge in [0.15, 0.2) is 0 Å². The van der Waals surface area contributed by atoms with E-state index < -0.39 is 17.6 Å². The fourth-order valence-corrected chi connectivity index (χ4v) is 2.98. The summed E-state index contributed by atoms with van der Waals surface area (Å²) < 4.78 is 38.2. The fourth-order valence-electron chi connectivity index (χ4n) is 2.98. The molecule has 3 nitrogen and oxygen atoms in total. The summed E-state index contributed by atoms with van der Waals surface area (Å²) in [6.07, 6.45) is -1.86. The van der Waals surface area contributed by atoms with E-state index in [1.807, 2.05) is 25.7 Å². The maximum Gasteiger partial charge on any atom is 0.393 e. The average molecular weight is 305 g/mol. The van der Waals surface area contributed by atoms with Crippen LogP contribution in [-0.2, 0) is 0 Å². The molecule has 0 aromatic carbocycles.